The minimum Gasteiger partial charge on any atom is -0.508 e. The van der Waals surface area contributed by atoms with E-state index in [1.165, 1.54) is 35.3 Å². The third-order valence-corrected chi connectivity index (χ3v) is 7.99. The van der Waals surface area contributed by atoms with E-state index in [4.69, 9.17) is 5.11 Å². The Labute approximate surface area is 189 Å². The number of phenolic OH excluding ortho intramolecular Hbond substituents is 2. The van der Waals surface area contributed by atoms with Crippen molar-refractivity contribution in [1.29, 1.82) is 0 Å². The number of carbonyl (C=O) groups is 1. The molecule has 3 N–H and O–H groups in total. The van der Waals surface area contributed by atoms with Crippen LogP contribution in [0.4, 0.5) is 0 Å². The lowest BCUT2D eigenvalue weighted by Gasteiger charge is -2.43. The summed E-state index contributed by atoms with van der Waals surface area (Å²) in [6.07, 6.45) is 8.96. The lowest BCUT2D eigenvalue weighted by atomic mass is 9.68. The number of carboxylic acids is 1. The Hall–Kier alpha value is -2.14. The van der Waals surface area contributed by atoms with E-state index in [9.17, 15) is 15.0 Å². The SMILES string of the molecule is CC1(c2ccc(O)cc2)CSc2cc(O)ccc2C1CCCCCCCCCC(=O)O. The van der Waals surface area contributed by atoms with Gasteiger partial charge in [-0.1, -0.05) is 63.6 Å². The molecule has 2 unspecified atom stereocenters. The summed E-state index contributed by atoms with van der Waals surface area (Å²) in [7, 11) is 0. The van der Waals surface area contributed by atoms with Crippen molar-refractivity contribution in [1.82, 2.24) is 0 Å². The van der Waals surface area contributed by atoms with Crippen molar-refractivity contribution in [3.05, 3.63) is 53.6 Å². The summed E-state index contributed by atoms with van der Waals surface area (Å²) in [5.41, 5.74) is 2.54. The number of phenols is 2. The lowest BCUT2D eigenvalue weighted by molar-refractivity contribution is -0.137. The number of rotatable bonds is 11. The van der Waals surface area contributed by atoms with Crippen molar-refractivity contribution in [3.8, 4) is 11.5 Å². The number of hydrogen-bond donors (Lipinski definition) is 3. The molecule has 0 radical (unpaired) electrons. The van der Waals surface area contributed by atoms with Crippen LogP contribution in [0.2, 0.25) is 0 Å². The molecule has 1 aliphatic heterocycles. The number of hydrogen-bond acceptors (Lipinski definition) is 4. The third kappa shape index (κ3) is 6.19. The van der Waals surface area contributed by atoms with Gasteiger partial charge in [0.1, 0.15) is 11.5 Å². The van der Waals surface area contributed by atoms with Gasteiger partial charge < -0.3 is 15.3 Å². The van der Waals surface area contributed by atoms with Gasteiger partial charge in [0.05, 0.1) is 0 Å². The monoisotopic (exact) mass is 442 g/mol. The molecule has 4 nitrogen and oxygen atoms in total. The summed E-state index contributed by atoms with van der Waals surface area (Å²) in [6.45, 7) is 2.33. The van der Waals surface area contributed by atoms with E-state index in [2.05, 4.69) is 13.0 Å². The summed E-state index contributed by atoms with van der Waals surface area (Å²) in [5.74, 6) is 1.23. The summed E-state index contributed by atoms with van der Waals surface area (Å²) in [6, 6.07) is 13.4. The van der Waals surface area contributed by atoms with Gasteiger partial charge in [0.25, 0.3) is 0 Å². The zero-order chi connectivity index (χ0) is 22.3. The van der Waals surface area contributed by atoms with Gasteiger partial charge in [-0.25, -0.2) is 0 Å². The van der Waals surface area contributed by atoms with Crippen molar-refractivity contribution >= 4 is 17.7 Å². The van der Waals surface area contributed by atoms with Crippen LogP contribution in [-0.4, -0.2) is 27.0 Å². The van der Waals surface area contributed by atoms with Gasteiger partial charge in [-0.2, -0.15) is 0 Å². The summed E-state index contributed by atoms with van der Waals surface area (Å²) >= 11 is 1.81. The summed E-state index contributed by atoms with van der Waals surface area (Å²) in [4.78, 5) is 11.8. The molecule has 0 saturated carbocycles. The normalized spacial score (nSPS) is 20.4. The largest absolute Gasteiger partial charge is 0.508 e. The lowest BCUT2D eigenvalue weighted by Crippen LogP contribution is -2.36. The van der Waals surface area contributed by atoms with Gasteiger partial charge >= 0.3 is 5.97 Å². The quantitative estimate of drug-likeness (QED) is 0.332. The van der Waals surface area contributed by atoms with Crippen molar-refractivity contribution in [3.63, 3.8) is 0 Å². The van der Waals surface area contributed by atoms with Crippen LogP contribution < -0.4 is 0 Å². The average Bonchev–Trinajstić information content (AvgIpc) is 2.74. The average molecular weight is 443 g/mol. The maximum Gasteiger partial charge on any atom is 0.303 e. The fourth-order valence-corrected chi connectivity index (χ4v) is 6.12. The topological polar surface area (TPSA) is 77.8 Å². The molecule has 0 aliphatic carbocycles. The minimum absolute atomic E-state index is 0.0286. The molecule has 2 aromatic rings. The smallest absolute Gasteiger partial charge is 0.303 e. The van der Waals surface area contributed by atoms with Crippen LogP contribution in [0.15, 0.2) is 47.4 Å². The van der Waals surface area contributed by atoms with E-state index in [1.54, 1.807) is 30.0 Å². The zero-order valence-electron chi connectivity index (χ0n) is 18.3. The fourth-order valence-electron chi connectivity index (χ4n) is 4.72. The van der Waals surface area contributed by atoms with E-state index in [-0.39, 0.29) is 11.8 Å². The molecule has 2 aromatic carbocycles. The third-order valence-electron chi connectivity index (χ3n) is 6.58. The second-order valence-corrected chi connectivity index (χ2v) is 9.95. The second kappa shape index (κ2) is 10.9. The van der Waals surface area contributed by atoms with Crippen LogP contribution in [0.25, 0.3) is 0 Å². The zero-order valence-corrected chi connectivity index (χ0v) is 19.2. The summed E-state index contributed by atoms with van der Waals surface area (Å²) in [5, 5.41) is 28.4. The fraction of sp³-hybridized carbons (Fsp3) is 0.500. The molecular formula is C26H34O4S. The van der Waals surface area contributed by atoms with E-state index in [0.717, 1.165) is 37.9 Å². The molecule has 5 heteroatoms. The molecule has 31 heavy (non-hydrogen) atoms. The van der Waals surface area contributed by atoms with E-state index in [1.807, 2.05) is 18.2 Å². The van der Waals surface area contributed by atoms with E-state index < -0.39 is 5.97 Å². The van der Waals surface area contributed by atoms with Crippen LogP contribution >= 0.6 is 11.8 Å². The Morgan fingerprint density at radius 1 is 0.935 bits per heavy atom. The first kappa shape index (κ1) is 23.5. The predicted octanol–water partition coefficient (Wildman–Crippen LogP) is 6.84. The van der Waals surface area contributed by atoms with Gasteiger partial charge in [-0.15, -0.1) is 11.8 Å². The van der Waals surface area contributed by atoms with Crippen LogP contribution in [-0.2, 0) is 10.2 Å². The Bertz CT molecular complexity index is 864. The number of carboxylic acid groups (broad SMARTS) is 1. The first-order valence-electron chi connectivity index (χ1n) is 11.4. The molecule has 2 atom stereocenters. The molecule has 0 saturated heterocycles. The van der Waals surface area contributed by atoms with Gasteiger partial charge in [-0.3, -0.25) is 4.79 Å². The molecule has 0 bridgehead atoms. The molecule has 1 heterocycles. The number of fused-ring (bicyclic) bond motifs is 1. The number of benzene rings is 2. The number of thioether (sulfide) groups is 1. The molecule has 3 rings (SSSR count). The first-order chi connectivity index (χ1) is 14.9. The van der Waals surface area contributed by atoms with E-state index in [0.29, 0.717) is 17.4 Å². The standard InChI is InChI=1S/C26H34O4S/c1-26(19-11-13-20(27)14-12-19)18-31-24-17-21(28)15-16-22(24)23(26)9-7-5-3-2-4-6-8-10-25(29)30/h11-17,23,27-28H,2-10,18H2,1H3,(H,29,30). The maximum absolute atomic E-state index is 10.6. The van der Waals surface area contributed by atoms with Gasteiger partial charge in [0.15, 0.2) is 0 Å². The molecule has 168 valence electrons. The molecule has 0 spiro atoms. The second-order valence-electron chi connectivity index (χ2n) is 8.94. The van der Waals surface area contributed by atoms with Crippen LogP contribution in [0.1, 0.15) is 81.8 Å². The van der Waals surface area contributed by atoms with Gasteiger partial charge in [-0.05, 0) is 54.2 Å². The van der Waals surface area contributed by atoms with E-state index >= 15 is 0 Å². The molecule has 0 aromatic heterocycles. The molecular weight excluding hydrogens is 408 g/mol. The Morgan fingerprint density at radius 2 is 1.55 bits per heavy atom. The highest BCUT2D eigenvalue weighted by Crippen LogP contribution is 2.52. The molecule has 1 aliphatic rings. The van der Waals surface area contributed by atoms with Crippen LogP contribution in [0, 0.1) is 0 Å². The predicted molar refractivity (Wildman–Crippen MR) is 126 cm³/mol. The highest BCUT2D eigenvalue weighted by molar-refractivity contribution is 7.99. The minimum atomic E-state index is -0.698. The summed E-state index contributed by atoms with van der Waals surface area (Å²) < 4.78 is 0. The van der Waals surface area contributed by atoms with Crippen LogP contribution in [0.5, 0.6) is 11.5 Å². The highest BCUT2D eigenvalue weighted by atomic mass is 32.2. The van der Waals surface area contributed by atoms with Crippen molar-refractivity contribution in [2.45, 2.75) is 80.9 Å². The number of aliphatic carboxylic acids is 1. The van der Waals surface area contributed by atoms with Gasteiger partial charge in [0.2, 0.25) is 0 Å². The highest BCUT2D eigenvalue weighted by Gasteiger charge is 2.41. The Kier molecular flexibility index (Phi) is 8.30. The Balaban J connectivity index is 1.62. The number of unbranched alkanes of at least 4 members (excludes halogenated alkanes) is 6. The molecule has 0 amide bonds. The van der Waals surface area contributed by atoms with Crippen molar-refractivity contribution in [2.75, 3.05) is 5.75 Å². The Morgan fingerprint density at radius 3 is 2.23 bits per heavy atom. The molecule has 0 fully saturated rings. The first-order valence-corrected chi connectivity index (χ1v) is 12.4. The van der Waals surface area contributed by atoms with Crippen LogP contribution in [0.3, 0.4) is 0 Å². The van der Waals surface area contributed by atoms with Gasteiger partial charge in [0, 0.05) is 22.5 Å². The number of aromatic hydroxyl groups is 2. The van der Waals surface area contributed by atoms with Crippen molar-refractivity contribution in [2.24, 2.45) is 0 Å². The van der Waals surface area contributed by atoms with Crippen molar-refractivity contribution < 1.29 is 20.1 Å². The maximum atomic E-state index is 10.6.